The normalized spacial score (nSPS) is 20.0. The van der Waals surface area contributed by atoms with Crippen LogP contribution >= 0.6 is 11.3 Å². The molecule has 1 aliphatic heterocycles. The van der Waals surface area contributed by atoms with Crippen LogP contribution in [-0.4, -0.2) is 48.3 Å². The molecule has 1 aromatic heterocycles. The predicted octanol–water partition coefficient (Wildman–Crippen LogP) is 2.26. The molecule has 0 unspecified atom stereocenters. The smallest absolute Gasteiger partial charge is 0.223 e. The van der Waals surface area contributed by atoms with E-state index in [0.29, 0.717) is 25.8 Å². The first-order valence-electron chi connectivity index (χ1n) is 7.83. The summed E-state index contributed by atoms with van der Waals surface area (Å²) in [4.78, 5) is 18.7. The molecule has 1 aliphatic rings. The van der Waals surface area contributed by atoms with Crippen molar-refractivity contribution in [2.45, 2.75) is 32.2 Å². The van der Waals surface area contributed by atoms with Gasteiger partial charge in [-0.1, -0.05) is 12.1 Å². The minimum atomic E-state index is -2.97. The monoisotopic (exact) mass is 352 g/mol. The summed E-state index contributed by atoms with van der Waals surface area (Å²) in [5.41, 5.74) is 0.967. The molecule has 124 valence electrons. The number of rotatable bonds is 5. The van der Waals surface area contributed by atoms with E-state index in [-0.39, 0.29) is 23.5 Å². The molecule has 0 bridgehead atoms. The lowest BCUT2D eigenvalue weighted by Crippen LogP contribution is -2.41. The van der Waals surface area contributed by atoms with Crippen molar-refractivity contribution in [1.82, 2.24) is 9.88 Å². The number of hydrogen-bond acceptors (Lipinski definition) is 5. The van der Waals surface area contributed by atoms with Gasteiger partial charge in [0.25, 0.3) is 0 Å². The number of benzene rings is 1. The Hall–Kier alpha value is -1.47. The fourth-order valence-electron chi connectivity index (χ4n) is 3.04. The molecule has 2 heterocycles. The molecule has 7 heteroatoms. The Morgan fingerprint density at radius 2 is 2.17 bits per heavy atom. The Labute approximate surface area is 140 Å². The van der Waals surface area contributed by atoms with Crippen LogP contribution in [0.25, 0.3) is 10.2 Å². The van der Waals surface area contributed by atoms with Crippen molar-refractivity contribution in [3.05, 3.63) is 29.3 Å². The highest BCUT2D eigenvalue weighted by Gasteiger charge is 2.33. The quantitative estimate of drug-likeness (QED) is 0.828. The summed E-state index contributed by atoms with van der Waals surface area (Å²) in [6.07, 6.45) is 1.54. The van der Waals surface area contributed by atoms with Crippen molar-refractivity contribution in [2.75, 3.05) is 18.1 Å². The third-order valence-corrected chi connectivity index (χ3v) is 7.05. The molecular weight excluding hydrogens is 332 g/mol. The average molecular weight is 352 g/mol. The average Bonchev–Trinajstić information content (AvgIpc) is 3.08. The number of sulfone groups is 1. The molecule has 0 radical (unpaired) electrons. The van der Waals surface area contributed by atoms with Crippen molar-refractivity contribution in [1.29, 1.82) is 0 Å². The predicted molar refractivity (Wildman–Crippen MR) is 92.4 cm³/mol. The molecule has 23 heavy (non-hydrogen) atoms. The van der Waals surface area contributed by atoms with E-state index in [2.05, 4.69) is 4.98 Å². The van der Waals surface area contributed by atoms with Crippen LogP contribution in [0.15, 0.2) is 24.3 Å². The minimum Gasteiger partial charge on any atom is -0.339 e. The Morgan fingerprint density at radius 1 is 1.39 bits per heavy atom. The Morgan fingerprint density at radius 3 is 2.83 bits per heavy atom. The van der Waals surface area contributed by atoms with Gasteiger partial charge in [0.05, 0.1) is 26.7 Å². The fourth-order valence-corrected chi connectivity index (χ4v) is 5.74. The highest BCUT2D eigenvalue weighted by Crippen LogP contribution is 2.23. The minimum absolute atomic E-state index is 0.0221. The molecule has 0 aliphatic carbocycles. The second-order valence-corrected chi connectivity index (χ2v) is 9.16. The number of nitrogens with zero attached hydrogens (tertiary/aromatic N) is 2. The maximum atomic E-state index is 12.5. The summed E-state index contributed by atoms with van der Waals surface area (Å²) in [6.45, 7) is 2.46. The zero-order valence-corrected chi connectivity index (χ0v) is 14.7. The van der Waals surface area contributed by atoms with Gasteiger partial charge in [0.1, 0.15) is 0 Å². The van der Waals surface area contributed by atoms with Gasteiger partial charge >= 0.3 is 0 Å². The summed E-state index contributed by atoms with van der Waals surface area (Å²) < 4.78 is 24.4. The molecule has 3 rings (SSSR count). The molecule has 1 amide bonds. The largest absolute Gasteiger partial charge is 0.339 e. The number of carbonyl (C=O) groups excluding carboxylic acids is 1. The Kier molecular flexibility index (Phi) is 4.68. The molecule has 2 aromatic rings. The number of aryl methyl sites for hydroxylation is 1. The Bertz CT molecular complexity index is 781. The number of hydrogen-bond donors (Lipinski definition) is 0. The summed E-state index contributed by atoms with van der Waals surface area (Å²) >= 11 is 1.61. The van der Waals surface area contributed by atoms with Gasteiger partial charge in [0.2, 0.25) is 5.91 Å². The fraction of sp³-hybridized carbons (Fsp3) is 0.500. The number of fused-ring (bicyclic) bond motifs is 1. The van der Waals surface area contributed by atoms with Crippen molar-refractivity contribution >= 4 is 37.3 Å². The van der Waals surface area contributed by atoms with Crippen LogP contribution < -0.4 is 0 Å². The third kappa shape index (κ3) is 3.72. The van der Waals surface area contributed by atoms with Crippen LogP contribution in [-0.2, 0) is 21.1 Å². The number of para-hydroxylation sites is 1. The van der Waals surface area contributed by atoms with Crippen molar-refractivity contribution in [2.24, 2.45) is 0 Å². The lowest BCUT2D eigenvalue weighted by Gasteiger charge is -2.26. The van der Waals surface area contributed by atoms with Crippen molar-refractivity contribution in [3.63, 3.8) is 0 Å². The molecule has 1 fully saturated rings. The number of amides is 1. The van der Waals surface area contributed by atoms with Gasteiger partial charge in [-0.3, -0.25) is 4.79 Å². The zero-order chi connectivity index (χ0) is 16.4. The molecule has 0 saturated carbocycles. The second-order valence-electron chi connectivity index (χ2n) is 5.81. The van der Waals surface area contributed by atoms with Crippen LogP contribution in [0.1, 0.15) is 24.8 Å². The molecule has 5 nitrogen and oxygen atoms in total. The number of aromatic nitrogens is 1. The van der Waals surface area contributed by atoms with Crippen molar-refractivity contribution in [3.8, 4) is 0 Å². The molecule has 0 N–H and O–H groups in total. The van der Waals surface area contributed by atoms with Crippen LogP contribution in [0.2, 0.25) is 0 Å². The van der Waals surface area contributed by atoms with E-state index >= 15 is 0 Å². The first kappa shape index (κ1) is 16.4. The summed E-state index contributed by atoms with van der Waals surface area (Å²) in [7, 11) is -2.97. The van der Waals surface area contributed by atoms with E-state index in [9.17, 15) is 13.2 Å². The van der Waals surface area contributed by atoms with E-state index in [4.69, 9.17) is 0 Å². The van der Waals surface area contributed by atoms with E-state index < -0.39 is 9.84 Å². The van der Waals surface area contributed by atoms with Crippen LogP contribution in [0, 0.1) is 0 Å². The molecule has 1 atom stereocenters. The second kappa shape index (κ2) is 6.57. The van der Waals surface area contributed by atoms with E-state index in [1.807, 2.05) is 31.2 Å². The summed E-state index contributed by atoms with van der Waals surface area (Å²) in [5.74, 6) is 0.321. The van der Waals surface area contributed by atoms with E-state index in [1.54, 1.807) is 16.2 Å². The van der Waals surface area contributed by atoms with Gasteiger partial charge in [0.15, 0.2) is 9.84 Å². The van der Waals surface area contributed by atoms with Gasteiger partial charge in [-0.25, -0.2) is 13.4 Å². The highest BCUT2D eigenvalue weighted by molar-refractivity contribution is 7.91. The lowest BCUT2D eigenvalue weighted by atomic mass is 10.2. The lowest BCUT2D eigenvalue weighted by molar-refractivity contribution is -0.132. The zero-order valence-electron chi connectivity index (χ0n) is 13.1. The molecule has 0 spiro atoms. The maximum absolute atomic E-state index is 12.5. The van der Waals surface area contributed by atoms with Crippen LogP contribution in [0.5, 0.6) is 0 Å². The number of carbonyl (C=O) groups is 1. The first-order chi connectivity index (χ1) is 11.0. The molecule has 1 saturated heterocycles. The van der Waals surface area contributed by atoms with Gasteiger partial charge in [-0.05, 0) is 25.5 Å². The maximum Gasteiger partial charge on any atom is 0.223 e. The van der Waals surface area contributed by atoms with Crippen molar-refractivity contribution < 1.29 is 13.2 Å². The Balaban J connectivity index is 1.63. The highest BCUT2D eigenvalue weighted by atomic mass is 32.2. The van der Waals surface area contributed by atoms with E-state index in [0.717, 1.165) is 15.2 Å². The summed E-state index contributed by atoms with van der Waals surface area (Å²) in [5, 5.41) is 0.953. The van der Waals surface area contributed by atoms with Crippen LogP contribution in [0.4, 0.5) is 0 Å². The van der Waals surface area contributed by atoms with Gasteiger partial charge in [0, 0.05) is 25.4 Å². The number of thiazole rings is 1. The van der Waals surface area contributed by atoms with E-state index in [1.165, 1.54) is 0 Å². The SMILES string of the molecule is CCN(C(=O)CCc1nc2ccccc2s1)[C@H]1CCS(=O)(=O)C1. The summed E-state index contributed by atoms with van der Waals surface area (Å²) in [6, 6.07) is 7.78. The standard InChI is InChI=1S/C16H20N2O3S2/c1-2-18(12-9-10-23(20,21)11-12)16(19)8-7-15-17-13-5-3-4-6-14(13)22-15/h3-6,12H,2,7-11H2,1H3/t12-/m0/s1. The third-order valence-electron chi connectivity index (χ3n) is 4.20. The van der Waals surface area contributed by atoms with Gasteiger partial charge < -0.3 is 4.90 Å². The topological polar surface area (TPSA) is 67.3 Å². The van der Waals surface area contributed by atoms with Gasteiger partial charge in [-0.2, -0.15) is 0 Å². The first-order valence-corrected chi connectivity index (χ1v) is 10.5. The molecular formula is C16H20N2O3S2. The van der Waals surface area contributed by atoms with Crippen LogP contribution in [0.3, 0.4) is 0 Å². The molecule has 1 aromatic carbocycles. The van der Waals surface area contributed by atoms with Gasteiger partial charge in [-0.15, -0.1) is 11.3 Å².